The van der Waals surface area contributed by atoms with Crippen LogP contribution < -0.4 is 0 Å². The zero-order chi connectivity index (χ0) is 19.8. The molecule has 0 radical (unpaired) electrons. The molecule has 1 aromatic carbocycles. The predicted molar refractivity (Wildman–Crippen MR) is 116 cm³/mol. The van der Waals surface area contributed by atoms with Crippen molar-refractivity contribution in [1.82, 2.24) is 5.01 Å². The quantitative estimate of drug-likeness (QED) is 0.718. The Morgan fingerprint density at radius 2 is 1.90 bits per heavy atom. The molecule has 29 heavy (non-hydrogen) atoms. The molecule has 3 aliphatic rings. The van der Waals surface area contributed by atoms with E-state index in [0.717, 1.165) is 23.4 Å². The fourth-order valence-electron chi connectivity index (χ4n) is 3.85. The van der Waals surface area contributed by atoms with Gasteiger partial charge in [-0.25, -0.2) is 0 Å². The molecule has 146 valence electrons. The second-order valence-corrected chi connectivity index (χ2v) is 8.35. The van der Waals surface area contributed by atoms with Gasteiger partial charge < -0.3 is 4.42 Å². The maximum Gasteiger partial charge on any atom is 0.283 e. The number of nitrogens with zero attached hydrogens (tertiary/aromatic N) is 3. The van der Waals surface area contributed by atoms with Crippen LogP contribution in [0.1, 0.15) is 37.9 Å². The van der Waals surface area contributed by atoms with E-state index in [1.165, 1.54) is 36.0 Å². The number of benzene rings is 1. The molecule has 7 heteroatoms. The number of furan rings is 1. The molecule has 3 heterocycles. The van der Waals surface area contributed by atoms with Crippen molar-refractivity contribution in [2.75, 3.05) is 0 Å². The highest BCUT2D eigenvalue weighted by molar-refractivity contribution is 8.27. The highest BCUT2D eigenvalue weighted by Gasteiger charge is 2.38. The molecule has 5 rings (SSSR count). The topological polar surface area (TPSA) is 82.0 Å². The van der Waals surface area contributed by atoms with E-state index in [4.69, 9.17) is 9.83 Å². The van der Waals surface area contributed by atoms with Crippen molar-refractivity contribution < 1.29 is 9.21 Å². The first kappa shape index (κ1) is 18.1. The van der Waals surface area contributed by atoms with Gasteiger partial charge in [-0.1, -0.05) is 49.6 Å². The third-order valence-electron chi connectivity index (χ3n) is 5.40. The van der Waals surface area contributed by atoms with E-state index < -0.39 is 5.91 Å². The van der Waals surface area contributed by atoms with Gasteiger partial charge in [-0.05, 0) is 42.8 Å². The molecule has 1 saturated carbocycles. The van der Waals surface area contributed by atoms with Crippen LogP contribution in [-0.2, 0) is 4.79 Å². The molecule has 6 nitrogen and oxygen atoms in total. The van der Waals surface area contributed by atoms with Crippen LogP contribution in [0.4, 0.5) is 0 Å². The van der Waals surface area contributed by atoms with Gasteiger partial charge in [0.1, 0.15) is 16.6 Å². The van der Waals surface area contributed by atoms with E-state index in [2.05, 4.69) is 10.1 Å². The van der Waals surface area contributed by atoms with Crippen molar-refractivity contribution in [3.8, 4) is 11.3 Å². The fraction of sp³-hybridized carbons (Fsp3) is 0.273. The van der Waals surface area contributed by atoms with Gasteiger partial charge in [0.2, 0.25) is 5.17 Å². The van der Waals surface area contributed by atoms with Gasteiger partial charge in [0.25, 0.3) is 5.91 Å². The summed E-state index contributed by atoms with van der Waals surface area (Å²) in [5.41, 5.74) is 1.15. The summed E-state index contributed by atoms with van der Waals surface area (Å²) >= 11 is 1.43. The number of thioether (sulfide) groups is 1. The van der Waals surface area contributed by atoms with E-state index in [-0.39, 0.29) is 11.4 Å². The average Bonchev–Trinajstić information content (AvgIpc) is 3.40. The normalized spacial score (nSPS) is 21.4. The Kier molecular flexibility index (Phi) is 4.67. The van der Waals surface area contributed by atoms with E-state index in [9.17, 15) is 4.79 Å². The number of carbonyl (C=O) groups excluding carboxylic acids is 1. The summed E-state index contributed by atoms with van der Waals surface area (Å²) in [5.74, 6) is 1.27. The lowest BCUT2D eigenvalue weighted by Crippen LogP contribution is -2.35. The van der Waals surface area contributed by atoms with E-state index in [0.29, 0.717) is 22.6 Å². The van der Waals surface area contributed by atoms with Crippen LogP contribution in [0.5, 0.6) is 0 Å². The number of aliphatic imine (C=N–C) groups is 1. The first-order valence-corrected chi connectivity index (χ1v) is 10.7. The van der Waals surface area contributed by atoms with Crippen molar-refractivity contribution >= 4 is 39.8 Å². The largest absolute Gasteiger partial charge is 0.457 e. The minimum atomic E-state index is -0.425. The van der Waals surface area contributed by atoms with Crippen molar-refractivity contribution in [1.29, 1.82) is 5.41 Å². The summed E-state index contributed by atoms with van der Waals surface area (Å²) < 4.78 is 5.86. The van der Waals surface area contributed by atoms with Gasteiger partial charge in [-0.15, -0.1) is 0 Å². The second-order valence-electron chi connectivity index (χ2n) is 7.36. The van der Waals surface area contributed by atoms with Crippen molar-refractivity contribution in [3.05, 3.63) is 53.8 Å². The predicted octanol–water partition coefficient (Wildman–Crippen LogP) is 5.15. The summed E-state index contributed by atoms with van der Waals surface area (Å²) in [4.78, 5) is 16.8. The maximum absolute atomic E-state index is 12.6. The molecule has 0 unspecified atom stereocenters. The Morgan fingerprint density at radius 1 is 1.10 bits per heavy atom. The molecule has 1 N–H and O–H groups in total. The Hall–Kier alpha value is -2.93. The monoisotopic (exact) mass is 404 g/mol. The van der Waals surface area contributed by atoms with Crippen LogP contribution in [0.2, 0.25) is 0 Å². The second kappa shape index (κ2) is 7.48. The number of amides is 1. The van der Waals surface area contributed by atoms with Crippen molar-refractivity contribution in [2.45, 2.75) is 32.1 Å². The molecule has 1 amide bonds. The van der Waals surface area contributed by atoms with Crippen LogP contribution in [0.15, 0.2) is 62.5 Å². The van der Waals surface area contributed by atoms with Crippen molar-refractivity contribution in [3.63, 3.8) is 0 Å². The highest BCUT2D eigenvalue weighted by Crippen LogP contribution is 2.36. The summed E-state index contributed by atoms with van der Waals surface area (Å²) in [6.45, 7) is 0. The number of rotatable bonds is 3. The average molecular weight is 404 g/mol. The third kappa shape index (κ3) is 3.46. The van der Waals surface area contributed by atoms with Crippen LogP contribution >= 0.6 is 11.8 Å². The lowest BCUT2D eigenvalue weighted by atomic mass is 9.90. The first-order chi connectivity index (χ1) is 14.2. The molecule has 1 aliphatic carbocycles. The Bertz CT molecular complexity index is 1060. The minimum Gasteiger partial charge on any atom is -0.457 e. The van der Waals surface area contributed by atoms with Crippen LogP contribution in [-0.4, -0.2) is 27.0 Å². The molecule has 2 aliphatic heterocycles. The van der Waals surface area contributed by atoms with Crippen LogP contribution in [0.25, 0.3) is 17.4 Å². The number of carbonyl (C=O) groups is 1. The van der Waals surface area contributed by atoms with Crippen LogP contribution in [0.3, 0.4) is 0 Å². The number of hydrazone groups is 1. The number of amidine groups is 2. The summed E-state index contributed by atoms with van der Waals surface area (Å²) in [6.07, 6.45) is 7.50. The zero-order valence-corrected chi connectivity index (χ0v) is 16.6. The van der Waals surface area contributed by atoms with Gasteiger partial charge in [0.05, 0.1) is 5.57 Å². The smallest absolute Gasteiger partial charge is 0.283 e. The molecule has 1 fully saturated rings. The van der Waals surface area contributed by atoms with Gasteiger partial charge >= 0.3 is 0 Å². The van der Waals surface area contributed by atoms with E-state index in [1.807, 2.05) is 36.4 Å². The summed E-state index contributed by atoms with van der Waals surface area (Å²) in [6, 6.07) is 13.4. The number of hydrogen-bond donors (Lipinski definition) is 1. The minimum absolute atomic E-state index is 0.0518. The molecular formula is C22H20N4O2S. The van der Waals surface area contributed by atoms with Gasteiger partial charge in [0, 0.05) is 11.5 Å². The molecule has 0 spiro atoms. The van der Waals surface area contributed by atoms with Crippen LogP contribution in [0, 0.1) is 11.3 Å². The molecule has 1 aromatic heterocycles. The number of nitrogens with one attached hydrogen (secondary N) is 1. The Labute approximate surface area is 172 Å². The first-order valence-electron chi connectivity index (χ1n) is 9.84. The molecule has 0 saturated heterocycles. The molecule has 0 bridgehead atoms. The molecule has 0 atom stereocenters. The Morgan fingerprint density at radius 3 is 2.69 bits per heavy atom. The molecular weight excluding hydrogens is 384 g/mol. The molecule has 2 aromatic rings. The lowest BCUT2D eigenvalue weighted by molar-refractivity contribution is -0.114. The lowest BCUT2D eigenvalue weighted by Gasteiger charge is -2.20. The standard InChI is InChI=1S/C22H20N4O2S/c23-19-17(13-16-11-12-18(28-16)14-7-3-1-4-8-14)20(27)24-22-26(19)25-21(29-22)15-9-5-2-6-10-15/h1,3-4,7-8,11-13,15,23H,2,5-6,9-10H2/b17-13-,23-19?. The summed E-state index contributed by atoms with van der Waals surface area (Å²) in [7, 11) is 0. The maximum atomic E-state index is 12.6. The third-order valence-corrected chi connectivity index (χ3v) is 6.47. The Balaban J connectivity index is 1.41. The highest BCUT2D eigenvalue weighted by atomic mass is 32.2. The number of hydrogen-bond acceptors (Lipinski definition) is 5. The van der Waals surface area contributed by atoms with Crippen molar-refractivity contribution in [2.24, 2.45) is 16.0 Å². The SMILES string of the molecule is N=C1/C(=C/c2ccc(-c3ccccc3)o2)C(=O)N=C2SC(C3CCCCC3)=NN12. The van der Waals surface area contributed by atoms with Gasteiger partial charge in [-0.2, -0.15) is 15.1 Å². The fourth-order valence-corrected chi connectivity index (χ4v) is 4.91. The summed E-state index contributed by atoms with van der Waals surface area (Å²) in [5, 5.41) is 16.1. The number of fused-ring (bicyclic) bond motifs is 1. The van der Waals surface area contributed by atoms with Gasteiger partial charge in [-0.3, -0.25) is 10.2 Å². The van der Waals surface area contributed by atoms with E-state index in [1.54, 1.807) is 12.1 Å². The van der Waals surface area contributed by atoms with E-state index >= 15 is 0 Å². The zero-order valence-electron chi connectivity index (χ0n) is 15.8. The van der Waals surface area contributed by atoms with Gasteiger partial charge in [0.15, 0.2) is 5.84 Å².